The van der Waals surface area contributed by atoms with Crippen molar-refractivity contribution in [1.29, 1.82) is 0 Å². The average Bonchev–Trinajstić information content (AvgIpc) is 2.54. The third-order valence-corrected chi connectivity index (χ3v) is 5.03. The first kappa shape index (κ1) is 15.2. The summed E-state index contributed by atoms with van der Waals surface area (Å²) >= 11 is 0. The van der Waals surface area contributed by atoms with E-state index in [0.29, 0.717) is 12.4 Å². The zero-order valence-electron chi connectivity index (χ0n) is 14.0. The topological polar surface area (TPSA) is 58.9 Å². The Morgan fingerprint density at radius 3 is 2.75 bits per heavy atom. The Morgan fingerprint density at radius 1 is 1.08 bits per heavy atom. The lowest BCUT2D eigenvalue weighted by Gasteiger charge is -2.34. The average molecular weight is 326 g/mol. The summed E-state index contributed by atoms with van der Waals surface area (Å²) in [5.41, 5.74) is 2.69. The maximum atomic E-state index is 10.8. The van der Waals surface area contributed by atoms with Crippen molar-refractivity contribution >= 4 is 0 Å². The predicted octanol–water partition coefficient (Wildman–Crippen LogP) is 3.92. The lowest BCUT2D eigenvalue weighted by atomic mass is 9.86. The number of phenols is 2. The van der Waals surface area contributed by atoms with Gasteiger partial charge >= 0.3 is 0 Å². The number of hydrogen-bond acceptors (Lipinski definition) is 4. The van der Waals surface area contributed by atoms with Crippen molar-refractivity contribution in [2.45, 2.75) is 44.6 Å². The molecule has 4 rings (SSSR count). The minimum atomic E-state index is -0.185. The first-order chi connectivity index (χ1) is 11.4. The molecule has 2 heterocycles. The van der Waals surface area contributed by atoms with Crippen LogP contribution in [0.3, 0.4) is 0 Å². The zero-order valence-corrected chi connectivity index (χ0v) is 14.0. The van der Waals surface area contributed by atoms with E-state index < -0.39 is 0 Å². The van der Waals surface area contributed by atoms with Crippen molar-refractivity contribution in [3.05, 3.63) is 47.0 Å². The van der Waals surface area contributed by atoms with Gasteiger partial charge in [0.25, 0.3) is 0 Å². The highest BCUT2D eigenvalue weighted by Gasteiger charge is 2.31. The van der Waals surface area contributed by atoms with E-state index in [0.717, 1.165) is 47.5 Å². The van der Waals surface area contributed by atoms with E-state index in [9.17, 15) is 10.2 Å². The van der Waals surface area contributed by atoms with Crippen LogP contribution in [-0.2, 0) is 12.8 Å². The molecule has 2 aliphatic rings. The first-order valence-electron chi connectivity index (χ1n) is 8.41. The molecule has 2 aliphatic heterocycles. The second-order valence-corrected chi connectivity index (χ2v) is 7.35. The molecule has 2 aromatic carbocycles. The summed E-state index contributed by atoms with van der Waals surface area (Å²) in [5.74, 6) is 2.17. The highest BCUT2D eigenvalue weighted by atomic mass is 16.5. The molecule has 0 saturated heterocycles. The van der Waals surface area contributed by atoms with E-state index in [4.69, 9.17) is 9.47 Å². The van der Waals surface area contributed by atoms with E-state index in [1.165, 1.54) is 0 Å². The van der Waals surface area contributed by atoms with Crippen LogP contribution in [0.2, 0.25) is 0 Å². The van der Waals surface area contributed by atoms with Crippen LogP contribution < -0.4 is 9.47 Å². The van der Waals surface area contributed by atoms with Crippen molar-refractivity contribution < 1.29 is 19.7 Å². The fourth-order valence-electron chi connectivity index (χ4n) is 3.64. The van der Waals surface area contributed by atoms with E-state index >= 15 is 0 Å². The first-order valence-corrected chi connectivity index (χ1v) is 8.41. The summed E-state index contributed by atoms with van der Waals surface area (Å²) < 4.78 is 11.8. The molecule has 0 amide bonds. The van der Waals surface area contributed by atoms with E-state index in [1.54, 1.807) is 12.1 Å². The number of ether oxygens (including phenoxy) is 2. The van der Waals surface area contributed by atoms with Crippen LogP contribution in [-0.4, -0.2) is 22.4 Å². The molecule has 1 atom stereocenters. The number of rotatable bonds is 1. The van der Waals surface area contributed by atoms with Crippen molar-refractivity contribution in [3.63, 3.8) is 0 Å². The molecule has 0 saturated carbocycles. The zero-order chi connectivity index (χ0) is 16.9. The fraction of sp³-hybridized carbons (Fsp3) is 0.400. The van der Waals surface area contributed by atoms with Gasteiger partial charge in [0.15, 0.2) is 0 Å². The summed E-state index contributed by atoms with van der Waals surface area (Å²) in [6, 6.07) is 9.13. The fourth-order valence-corrected chi connectivity index (χ4v) is 3.64. The van der Waals surface area contributed by atoms with Gasteiger partial charge in [-0.15, -0.1) is 0 Å². The smallest absolute Gasteiger partial charge is 0.127 e. The molecule has 4 heteroatoms. The van der Waals surface area contributed by atoms with Crippen LogP contribution in [0.15, 0.2) is 30.3 Å². The molecule has 0 radical (unpaired) electrons. The van der Waals surface area contributed by atoms with Gasteiger partial charge in [-0.05, 0) is 50.8 Å². The van der Waals surface area contributed by atoms with Crippen LogP contribution >= 0.6 is 0 Å². The number of benzene rings is 2. The van der Waals surface area contributed by atoms with Crippen LogP contribution in [0.4, 0.5) is 0 Å². The van der Waals surface area contributed by atoms with Gasteiger partial charge in [0.2, 0.25) is 0 Å². The second-order valence-electron chi connectivity index (χ2n) is 7.35. The van der Waals surface area contributed by atoms with Crippen LogP contribution in [0.1, 0.15) is 42.9 Å². The number of fused-ring (bicyclic) bond motifs is 2. The Labute approximate surface area is 141 Å². The Morgan fingerprint density at radius 2 is 1.92 bits per heavy atom. The Balaban J connectivity index is 1.65. The van der Waals surface area contributed by atoms with E-state index in [1.807, 2.05) is 18.2 Å². The van der Waals surface area contributed by atoms with Crippen LogP contribution in [0, 0.1) is 0 Å². The van der Waals surface area contributed by atoms with Gasteiger partial charge in [-0.3, -0.25) is 0 Å². The third-order valence-electron chi connectivity index (χ3n) is 5.03. The Bertz CT molecular complexity index is 794. The lowest BCUT2D eigenvalue weighted by Crippen LogP contribution is -2.32. The molecule has 2 aromatic rings. The number of aromatic hydroxyl groups is 2. The van der Waals surface area contributed by atoms with E-state index in [2.05, 4.69) is 13.8 Å². The molecule has 24 heavy (non-hydrogen) atoms. The molecule has 2 N–H and O–H groups in total. The largest absolute Gasteiger partial charge is 0.508 e. The number of phenolic OH excluding ortho intramolecular Hbond substituents is 2. The normalized spacial score (nSPS) is 21.2. The van der Waals surface area contributed by atoms with Gasteiger partial charge in [-0.1, -0.05) is 12.1 Å². The molecule has 0 aromatic heterocycles. The number of hydrogen-bond donors (Lipinski definition) is 2. The van der Waals surface area contributed by atoms with Gasteiger partial charge in [0.1, 0.15) is 28.6 Å². The van der Waals surface area contributed by atoms with Gasteiger partial charge < -0.3 is 19.7 Å². The van der Waals surface area contributed by atoms with Gasteiger partial charge in [-0.25, -0.2) is 0 Å². The van der Waals surface area contributed by atoms with Gasteiger partial charge in [0, 0.05) is 23.1 Å². The van der Waals surface area contributed by atoms with Crippen molar-refractivity contribution in [1.82, 2.24) is 0 Å². The molecular formula is C20H22O4. The predicted molar refractivity (Wildman–Crippen MR) is 91.2 cm³/mol. The SMILES string of the molecule is CC1(C)CCc2c(ccc([C@@H]3COc4cc(O)ccc4C3)c2O)O1. The maximum Gasteiger partial charge on any atom is 0.127 e. The minimum Gasteiger partial charge on any atom is -0.508 e. The van der Waals surface area contributed by atoms with Crippen molar-refractivity contribution in [2.75, 3.05) is 6.61 Å². The van der Waals surface area contributed by atoms with Crippen LogP contribution in [0.5, 0.6) is 23.0 Å². The van der Waals surface area contributed by atoms with Crippen molar-refractivity contribution in [3.8, 4) is 23.0 Å². The highest BCUT2D eigenvalue weighted by molar-refractivity contribution is 5.53. The summed E-state index contributed by atoms with van der Waals surface area (Å²) in [4.78, 5) is 0. The molecular weight excluding hydrogens is 304 g/mol. The van der Waals surface area contributed by atoms with Crippen LogP contribution in [0.25, 0.3) is 0 Å². The monoisotopic (exact) mass is 326 g/mol. The molecule has 4 nitrogen and oxygen atoms in total. The highest BCUT2D eigenvalue weighted by Crippen LogP contribution is 2.44. The summed E-state index contributed by atoms with van der Waals surface area (Å²) in [6.07, 6.45) is 2.49. The molecule has 0 unspecified atom stereocenters. The standard InChI is InChI=1S/C20H22O4/c1-20(2)8-7-16-17(24-20)6-5-15(19(16)22)13-9-12-3-4-14(21)10-18(12)23-11-13/h3-6,10,13,21-22H,7-9,11H2,1-2H3/t13-/m0/s1. The van der Waals surface area contributed by atoms with Gasteiger partial charge in [0.05, 0.1) is 6.61 Å². The Hall–Kier alpha value is -2.36. The van der Waals surface area contributed by atoms with Gasteiger partial charge in [-0.2, -0.15) is 0 Å². The maximum absolute atomic E-state index is 10.8. The third kappa shape index (κ3) is 2.56. The van der Waals surface area contributed by atoms with E-state index in [-0.39, 0.29) is 17.3 Å². The molecule has 0 spiro atoms. The molecule has 0 aliphatic carbocycles. The minimum absolute atomic E-state index is 0.0993. The Kier molecular flexibility index (Phi) is 3.37. The summed E-state index contributed by atoms with van der Waals surface area (Å²) in [7, 11) is 0. The summed E-state index contributed by atoms with van der Waals surface area (Å²) in [5, 5.41) is 20.3. The molecule has 126 valence electrons. The summed E-state index contributed by atoms with van der Waals surface area (Å²) in [6.45, 7) is 4.64. The second kappa shape index (κ2) is 5.33. The quantitative estimate of drug-likeness (QED) is 0.834. The molecule has 0 bridgehead atoms. The molecule has 0 fully saturated rings. The lowest BCUT2D eigenvalue weighted by molar-refractivity contribution is 0.0835. The van der Waals surface area contributed by atoms with Crippen molar-refractivity contribution in [2.24, 2.45) is 0 Å².